The molecule has 1 aromatic rings. The highest BCUT2D eigenvalue weighted by molar-refractivity contribution is 5.83. The van der Waals surface area contributed by atoms with Gasteiger partial charge in [-0.15, -0.1) is 0 Å². The van der Waals surface area contributed by atoms with Crippen molar-refractivity contribution in [2.75, 3.05) is 18.0 Å². The molecule has 0 aliphatic heterocycles. The fraction of sp³-hybridized carbons (Fsp3) is 0.500. The van der Waals surface area contributed by atoms with Gasteiger partial charge in [0.15, 0.2) is 0 Å². The lowest BCUT2D eigenvalue weighted by Gasteiger charge is -2.26. The first-order chi connectivity index (χ1) is 8.88. The summed E-state index contributed by atoms with van der Waals surface area (Å²) in [6, 6.07) is 6.65. The normalized spacial score (nSPS) is 13.9. The number of anilines is 1. The number of hydrogen-bond donors (Lipinski definition) is 2. The highest BCUT2D eigenvalue weighted by Crippen LogP contribution is 2.19. The molecule has 1 amide bonds. The molecule has 1 rings (SSSR count). The third-order valence-electron chi connectivity index (χ3n) is 3.26. The Hall–Kier alpha value is -1.62. The van der Waals surface area contributed by atoms with Gasteiger partial charge >= 0.3 is 0 Å². The summed E-state index contributed by atoms with van der Waals surface area (Å²) in [5.41, 5.74) is 10.6. The van der Waals surface area contributed by atoms with Crippen LogP contribution in [-0.2, 0) is 4.79 Å². The minimum absolute atomic E-state index is 0.241. The van der Waals surface area contributed by atoms with Crippen LogP contribution in [0.1, 0.15) is 26.7 Å². The van der Waals surface area contributed by atoms with Crippen LogP contribution in [0.5, 0.6) is 0 Å². The van der Waals surface area contributed by atoms with Gasteiger partial charge in [-0.3, -0.25) is 4.79 Å². The Morgan fingerprint density at radius 2 is 2.05 bits per heavy atom. The Balaban J connectivity index is 2.60. The van der Waals surface area contributed by atoms with E-state index in [0.717, 1.165) is 0 Å². The van der Waals surface area contributed by atoms with Crippen molar-refractivity contribution >= 4 is 11.6 Å². The van der Waals surface area contributed by atoms with E-state index in [1.807, 2.05) is 11.8 Å². The Morgan fingerprint density at radius 1 is 1.42 bits per heavy atom. The van der Waals surface area contributed by atoms with Crippen LogP contribution in [0, 0.1) is 5.82 Å². The van der Waals surface area contributed by atoms with E-state index in [1.165, 1.54) is 6.07 Å². The summed E-state index contributed by atoms with van der Waals surface area (Å²) < 4.78 is 13.7. The second-order valence-corrected chi connectivity index (χ2v) is 4.92. The summed E-state index contributed by atoms with van der Waals surface area (Å²) in [4.78, 5) is 13.0. The van der Waals surface area contributed by atoms with Crippen molar-refractivity contribution < 1.29 is 9.18 Å². The van der Waals surface area contributed by atoms with Crippen molar-refractivity contribution in [2.45, 2.75) is 32.2 Å². The molecular weight excluding hydrogens is 245 g/mol. The third kappa shape index (κ3) is 4.21. The minimum atomic E-state index is -1.01. The molecule has 1 atom stereocenters. The van der Waals surface area contributed by atoms with Crippen LogP contribution in [-0.4, -0.2) is 24.5 Å². The predicted molar refractivity (Wildman–Crippen MR) is 75.3 cm³/mol. The van der Waals surface area contributed by atoms with Crippen LogP contribution in [0.3, 0.4) is 0 Å². The molecule has 0 fully saturated rings. The number of amides is 1. The zero-order valence-corrected chi connectivity index (χ0v) is 11.5. The average molecular weight is 267 g/mol. The smallest absolute Gasteiger partial charge is 0.237 e. The topological polar surface area (TPSA) is 72.3 Å². The van der Waals surface area contributed by atoms with Crippen LogP contribution in [0.4, 0.5) is 10.1 Å². The van der Waals surface area contributed by atoms with Gasteiger partial charge in [-0.1, -0.05) is 12.1 Å². The molecule has 0 radical (unpaired) electrons. The number of halogens is 1. The molecular formula is C14H22FN3O. The van der Waals surface area contributed by atoms with Crippen molar-refractivity contribution in [1.82, 2.24) is 0 Å². The Kier molecular flexibility index (Phi) is 5.30. The van der Waals surface area contributed by atoms with Gasteiger partial charge in [0, 0.05) is 13.1 Å². The maximum absolute atomic E-state index is 13.7. The first-order valence-corrected chi connectivity index (χ1v) is 6.46. The number of para-hydroxylation sites is 1. The maximum atomic E-state index is 13.7. The van der Waals surface area contributed by atoms with E-state index in [0.29, 0.717) is 31.6 Å². The molecule has 0 aromatic heterocycles. The molecule has 0 spiro atoms. The van der Waals surface area contributed by atoms with Gasteiger partial charge in [-0.2, -0.15) is 0 Å². The molecule has 106 valence electrons. The Bertz CT molecular complexity index is 434. The summed E-state index contributed by atoms with van der Waals surface area (Å²) in [6.45, 7) is 4.91. The third-order valence-corrected chi connectivity index (χ3v) is 3.26. The van der Waals surface area contributed by atoms with E-state index < -0.39 is 11.4 Å². The SMILES string of the molecule is CCN(CCCC(C)(N)C(N)=O)c1ccccc1F. The summed E-state index contributed by atoms with van der Waals surface area (Å²) in [7, 11) is 0. The molecule has 1 unspecified atom stereocenters. The fourth-order valence-corrected chi connectivity index (χ4v) is 1.92. The van der Waals surface area contributed by atoms with E-state index in [4.69, 9.17) is 11.5 Å². The van der Waals surface area contributed by atoms with Crippen molar-refractivity contribution in [2.24, 2.45) is 11.5 Å². The number of primary amides is 1. The van der Waals surface area contributed by atoms with Crippen LogP contribution < -0.4 is 16.4 Å². The molecule has 1 aromatic carbocycles. The number of rotatable bonds is 7. The van der Waals surface area contributed by atoms with Gasteiger partial charge in [0.05, 0.1) is 11.2 Å². The summed E-state index contributed by atoms with van der Waals surface area (Å²) in [5.74, 6) is -0.754. The first kappa shape index (κ1) is 15.4. The molecule has 0 saturated carbocycles. The predicted octanol–water partition coefficient (Wildman–Crippen LogP) is 1.63. The minimum Gasteiger partial charge on any atom is -0.369 e. The molecule has 0 bridgehead atoms. The molecule has 0 aliphatic rings. The standard InChI is InChI=1S/C14H22FN3O/c1-3-18(12-8-5-4-7-11(12)15)10-6-9-14(2,17)13(16)19/h4-5,7-8H,3,6,9-10,17H2,1-2H3,(H2,16,19). The number of carbonyl (C=O) groups excluding carboxylic acids is 1. The average Bonchev–Trinajstić information content (AvgIpc) is 2.35. The second kappa shape index (κ2) is 6.52. The molecule has 0 heterocycles. The van der Waals surface area contributed by atoms with Crippen molar-refractivity contribution in [3.63, 3.8) is 0 Å². The fourth-order valence-electron chi connectivity index (χ4n) is 1.92. The lowest BCUT2D eigenvalue weighted by molar-refractivity contribution is -0.122. The molecule has 19 heavy (non-hydrogen) atoms. The summed E-state index contributed by atoms with van der Waals surface area (Å²) in [6.07, 6.45) is 1.16. The summed E-state index contributed by atoms with van der Waals surface area (Å²) in [5, 5.41) is 0. The lowest BCUT2D eigenvalue weighted by Crippen LogP contribution is -2.49. The number of nitrogens with zero attached hydrogens (tertiary/aromatic N) is 1. The van der Waals surface area contributed by atoms with Gasteiger partial charge in [-0.05, 0) is 38.8 Å². The zero-order valence-electron chi connectivity index (χ0n) is 11.5. The molecule has 0 aliphatic carbocycles. The van der Waals surface area contributed by atoms with Crippen LogP contribution in [0.25, 0.3) is 0 Å². The van der Waals surface area contributed by atoms with Gasteiger partial charge < -0.3 is 16.4 Å². The summed E-state index contributed by atoms with van der Waals surface area (Å²) >= 11 is 0. The van der Waals surface area contributed by atoms with E-state index in [2.05, 4.69) is 0 Å². The Morgan fingerprint density at radius 3 is 2.58 bits per heavy atom. The van der Waals surface area contributed by atoms with Crippen molar-refractivity contribution in [3.05, 3.63) is 30.1 Å². The monoisotopic (exact) mass is 267 g/mol. The second-order valence-electron chi connectivity index (χ2n) is 4.92. The van der Waals surface area contributed by atoms with Gasteiger partial charge in [0.2, 0.25) is 5.91 Å². The lowest BCUT2D eigenvalue weighted by atomic mass is 9.96. The molecule has 4 N–H and O–H groups in total. The number of benzene rings is 1. The van der Waals surface area contributed by atoms with E-state index >= 15 is 0 Å². The first-order valence-electron chi connectivity index (χ1n) is 6.46. The van der Waals surface area contributed by atoms with Crippen LogP contribution >= 0.6 is 0 Å². The maximum Gasteiger partial charge on any atom is 0.237 e. The van der Waals surface area contributed by atoms with Crippen molar-refractivity contribution in [3.8, 4) is 0 Å². The number of carbonyl (C=O) groups is 1. The largest absolute Gasteiger partial charge is 0.369 e. The van der Waals surface area contributed by atoms with E-state index in [1.54, 1.807) is 25.1 Å². The zero-order chi connectivity index (χ0) is 14.5. The van der Waals surface area contributed by atoms with E-state index in [-0.39, 0.29) is 5.82 Å². The van der Waals surface area contributed by atoms with Crippen LogP contribution in [0.15, 0.2) is 24.3 Å². The Labute approximate surface area is 113 Å². The number of nitrogens with two attached hydrogens (primary N) is 2. The highest BCUT2D eigenvalue weighted by Gasteiger charge is 2.25. The van der Waals surface area contributed by atoms with Crippen LogP contribution in [0.2, 0.25) is 0 Å². The highest BCUT2D eigenvalue weighted by atomic mass is 19.1. The number of hydrogen-bond acceptors (Lipinski definition) is 3. The van der Waals surface area contributed by atoms with E-state index in [9.17, 15) is 9.18 Å². The van der Waals surface area contributed by atoms with Gasteiger partial charge in [-0.25, -0.2) is 4.39 Å². The molecule has 5 heteroatoms. The van der Waals surface area contributed by atoms with Gasteiger partial charge in [0.25, 0.3) is 0 Å². The molecule has 4 nitrogen and oxygen atoms in total. The van der Waals surface area contributed by atoms with Crippen molar-refractivity contribution in [1.29, 1.82) is 0 Å². The molecule has 0 saturated heterocycles. The van der Waals surface area contributed by atoms with Gasteiger partial charge in [0.1, 0.15) is 5.82 Å². The quantitative estimate of drug-likeness (QED) is 0.788.